The van der Waals surface area contributed by atoms with Gasteiger partial charge in [-0.1, -0.05) is 36.4 Å². The summed E-state index contributed by atoms with van der Waals surface area (Å²) in [5, 5.41) is 25.1. The minimum atomic E-state index is -2.00. The predicted octanol–water partition coefficient (Wildman–Crippen LogP) is 3.33. The molecular formula is C23H18N2O6. The molecule has 1 atom stereocenters. The monoisotopic (exact) mass is 418 g/mol. The molecule has 0 spiro atoms. The van der Waals surface area contributed by atoms with Gasteiger partial charge in [0.25, 0.3) is 11.6 Å². The quantitative estimate of drug-likeness (QED) is 0.360. The SMILES string of the molecule is O=C1OCc2ccc(NC(=O)C(O)(Cc3ccccc3)c3ccc([N+](=O)[O-])cc3)cc21. The van der Waals surface area contributed by atoms with Crippen LogP contribution in [0.15, 0.2) is 72.8 Å². The lowest BCUT2D eigenvalue weighted by atomic mass is 9.86. The number of aliphatic hydroxyl groups is 1. The number of carbonyl (C=O) groups is 2. The minimum Gasteiger partial charge on any atom is -0.457 e. The molecule has 2 N–H and O–H groups in total. The Hall–Kier alpha value is -4.04. The smallest absolute Gasteiger partial charge is 0.338 e. The highest BCUT2D eigenvalue weighted by molar-refractivity contribution is 6.00. The second-order valence-electron chi connectivity index (χ2n) is 7.23. The molecule has 0 saturated carbocycles. The number of amides is 1. The number of nitrogens with zero attached hydrogens (tertiary/aromatic N) is 1. The molecule has 1 aliphatic heterocycles. The number of carbonyl (C=O) groups excluding carboxylic acids is 2. The number of nitro groups is 1. The molecule has 1 unspecified atom stereocenters. The molecule has 8 nitrogen and oxygen atoms in total. The van der Waals surface area contributed by atoms with E-state index in [1.807, 2.05) is 6.07 Å². The molecule has 3 aromatic rings. The number of non-ortho nitro benzene ring substituents is 1. The van der Waals surface area contributed by atoms with Gasteiger partial charge in [-0.3, -0.25) is 14.9 Å². The molecule has 0 radical (unpaired) electrons. The summed E-state index contributed by atoms with van der Waals surface area (Å²) in [6.07, 6.45) is -0.0511. The van der Waals surface area contributed by atoms with E-state index in [4.69, 9.17) is 4.74 Å². The largest absolute Gasteiger partial charge is 0.457 e. The van der Waals surface area contributed by atoms with Crippen LogP contribution in [0.25, 0.3) is 0 Å². The maximum Gasteiger partial charge on any atom is 0.338 e. The highest BCUT2D eigenvalue weighted by Crippen LogP contribution is 2.30. The van der Waals surface area contributed by atoms with Gasteiger partial charge in [-0.05, 0) is 35.4 Å². The molecule has 31 heavy (non-hydrogen) atoms. The molecule has 156 valence electrons. The third-order valence-corrected chi connectivity index (χ3v) is 5.18. The number of rotatable bonds is 6. The number of fused-ring (bicyclic) bond motifs is 1. The van der Waals surface area contributed by atoms with Gasteiger partial charge in [-0.15, -0.1) is 0 Å². The summed E-state index contributed by atoms with van der Waals surface area (Å²) in [4.78, 5) is 35.5. The van der Waals surface area contributed by atoms with Gasteiger partial charge in [-0.25, -0.2) is 4.79 Å². The Morgan fingerprint density at radius 2 is 1.81 bits per heavy atom. The van der Waals surface area contributed by atoms with E-state index < -0.39 is 22.4 Å². The number of esters is 1. The molecule has 3 aromatic carbocycles. The Morgan fingerprint density at radius 1 is 1.10 bits per heavy atom. The molecule has 0 bridgehead atoms. The minimum absolute atomic E-state index is 0.0511. The Labute approximate surface area is 177 Å². The Balaban J connectivity index is 1.68. The highest BCUT2D eigenvalue weighted by Gasteiger charge is 2.39. The van der Waals surface area contributed by atoms with E-state index in [-0.39, 0.29) is 24.3 Å². The molecule has 4 rings (SSSR count). The van der Waals surface area contributed by atoms with E-state index in [0.717, 1.165) is 5.56 Å². The molecule has 0 aliphatic carbocycles. The number of ether oxygens (including phenoxy) is 1. The van der Waals surface area contributed by atoms with Crippen LogP contribution in [0.5, 0.6) is 0 Å². The molecule has 1 heterocycles. The van der Waals surface area contributed by atoms with Crippen LogP contribution in [0.2, 0.25) is 0 Å². The van der Waals surface area contributed by atoms with Gasteiger partial charge in [0.15, 0.2) is 5.60 Å². The standard InChI is InChI=1S/C23H18N2O6/c26-21-20-12-18(9-6-16(20)14-31-21)24-22(27)23(28,13-15-4-2-1-3-5-15)17-7-10-19(11-8-17)25(29)30/h1-12,28H,13-14H2,(H,24,27). The second kappa shape index (κ2) is 8.00. The summed E-state index contributed by atoms with van der Waals surface area (Å²) in [5.74, 6) is -1.20. The van der Waals surface area contributed by atoms with E-state index in [1.54, 1.807) is 36.4 Å². The third-order valence-electron chi connectivity index (χ3n) is 5.18. The first-order chi connectivity index (χ1) is 14.9. The van der Waals surface area contributed by atoms with E-state index in [2.05, 4.69) is 5.32 Å². The zero-order valence-corrected chi connectivity index (χ0v) is 16.3. The fraction of sp³-hybridized carbons (Fsp3) is 0.130. The first-order valence-corrected chi connectivity index (χ1v) is 9.49. The van der Waals surface area contributed by atoms with Crippen LogP contribution < -0.4 is 5.32 Å². The van der Waals surface area contributed by atoms with E-state index >= 15 is 0 Å². The van der Waals surface area contributed by atoms with Crippen LogP contribution in [-0.2, 0) is 28.2 Å². The average Bonchev–Trinajstić information content (AvgIpc) is 3.14. The van der Waals surface area contributed by atoms with Crippen molar-refractivity contribution in [3.05, 3.63) is 105 Å². The summed E-state index contributed by atoms with van der Waals surface area (Å²) in [5.41, 5.74) is 0.170. The van der Waals surface area contributed by atoms with Crippen molar-refractivity contribution in [1.29, 1.82) is 0 Å². The molecule has 1 amide bonds. The summed E-state index contributed by atoms with van der Waals surface area (Å²) in [7, 11) is 0. The first kappa shape index (κ1) is 20.2. The van der Waals surface area contributed by atoms with Gasteiger partial charge in [0.2, 0.25) is 0 Å². The number of hydrogen-bond acceptors (Lipinski definition) is 6. The van der Waals surface area contributed by atoms with Gasteiger partial charge >= 0.3 is 5.97 Å². The zero-order chi connectivity index (χ0) is 22.0. The summed E-state index contributed by atoms with van der Waals surface area (Å²) in [6, 6.07) is 18.9. The van der Waals surface area contributed by atoms with Crippen LogP contribution in [0.1, 0.15) is 27.0 Å². The average molecular weight is 418 g/mol. The van der Waals surface area contributed by atoms with Crippen molar-refractivity contribution in [2.75, 3.05) is 5.32 Å². The number of nitro benzene ring substituents is 1. The third kappa shape index (κ3) is 4.01. The Kier molecular flexibility index (Phi) is 5.22. The molecular weight excluding hydrogens is 400 g/mol. The highest BCUT2D eigenvalue weighted by atomic mass is 16.6. The van der Waals surface area contributed by atoms with Gasteiger partial charge in [-0.2, -0.15) is 0 Å². The van der Waals surface area contributed by atoms with Gasteiger partial charge in [0, 0.05) is 29.8 Å². The van der Waals surface area contributed by atoms with Crippen LogP contribution in [0.4, 0.5) is 11.4 Å². The summed E-state index contributed by atoms with van der Waals surface area (Å²) in [6.45, 7) is 0.184. The van der Waals surface area contributed by atoms with E-state index in [1.165, 1.54) is 30.3 Å². The van der Waals surface area contributed by atoms with Crippen LogP contribution in [0.3, 0.4) is 0 Å². The maximum atomic E-state index is 13.2. The van der Waals surface area contributed by atoms with Crippen LogP contribution in [0, 0.1) is 10.1 Å². The number of hydrogen-bond donors (Lipinski definition) is 2. The maximum absolute atomic E-state index is 13.2. The fourth-order valence-electron chi connectivity index (χ4n) is 3.49. The first-order valence-electron chi connectivity index (χ1n) is 9.49. The second-order valence-corrected chi connectivity index (χ2v) is 7.23. The lowest BCUT2D eigenvalue weighted by molar-refractivity contribution is -0.384. The molecule has 0 saturated heterocycles. The van der Waals surface area contributed by atoms with E-state index in [0.29, 0.717) is 16.8 Å². The summed E-state index contributed by atoms with van der Waals surface area (Å²) < 4.78 is 4.97. The molecule has 8 heteroatoms. The molecule has 1 aliphatic rings. The van der Waals surface area contributed by atoms with Crippen molar-refractivity contribution in [3.8, 4) is 0 Å². The van der Waals surface area contributed by atoms with E-state index in [9.17, 15) is 24.8 Å². The predicted molar refractivity (Wildman–Crippen MR) is 111 cm³/mol. The lowest BCUT2D eigenvalue weighted by Gasteiger charge is -2.28. The fourth-order valence-corrected chi connectivity index (χ4v) is 3.49. The van der Waals surface area contributed by atoms with Crippen molar-refractivity contribution in [2.45, 2.75) is 18.6 Å². The number of benzene rings is 3. The normalized spacial score (nSPS) is 14.3. The van der Waals surface area contributed by atoms with Crippen molar-refractivity contribution < 1.29 is 24.4 Å². The lowest BCUT2D eigenvalue weighted by Crippen LogP contribution is -2.42. The van der Waals surface area contributed by atoms with Crippen molar-refractivity contribution in [2.24, 2.45) is 0 Å². The number of anilines is 1. The van der Waals surface area contributed by atoms with Crippen molar-refractivity contribution in [3.63, 3.8) is 0 Å². The van der Waals surface area contributed by atoms with Gasteiger partial charge in [0.1, 0.15) is 6.61 Å². The van der Waals surface area contributed by atoms with Crippen molar-refractivity contribution in [1.82, 2.24) is 0 Å². The van der Waals surface area contributed by atoms with Crippen molar-refractivity contribution >= 4 is 23.3 Å². The number of nitrogens with one attached hydrogen (secondary N) is 1. The summed E-state index contributed by atoms with van der Waals surface area (Å²) >= 11 is 0. The molecule has 0 fully saturated rings. The topological polar surface area (TPSA) is 119 Å². The Morgan fingerprint density at radius 3 is 2.48 bits per heavy atom. The van der Waals surface area contributed by atoms with Crippen LogP contribution >= 0.6 is 0 Å². The van der Waals surface area contributed by atoms with Gasteiger partial charge in [0.05, 0.1) is 10.5 Å². The number of cyclic esters (lactones) is 1. The molecule has 0 aromatic heterocycles. The Bertz CT molecular complexity index is 1160. The van der Waals surface area contributed by atoms with Gasteiger partial charge < -0.3 is 15.2 Å². The zero-order valence-electron chi connectivity index (χ0n) is 16.3. The van der Waals surface area contributed by atoms with Crippen LogP contribution in [-0.4, -0.2) is 21.9 Å².